The summed E-state index contributed by atoms with van der Waals surface area (Å²) in [5.74, 6) is -0.291. The van der Waals surface area contributed by atoms with Crippen LogP contribution in [0.5, 0.6) is 0 Å². The Hall–Kier alpha value is -1.60. The van der Waals surface area contributed by atoms with Crippen molar-refractivity contribution in [3.63, 3.8) is 0 Å². The van der Waals surface area contributed by atoms with Gasteiger partial charge in [-0.15, -0.1) is 0 Å². The van der Waals surface area contributed by atoms with Crippen LogP contribution in [-0.2, 0) is 19.6 Å². The fourth-order valence-corrected chi connectivity index (χ4v) is 2.62. The quantitative estimate of drug-likeness (QED) is 0.708. The number of nitrogens with one attached hydrogen (secondary N) is 2. The van der Waals surface area contributed by atoms with Gasteiger partial charge < -0.3 is 10.1 Å². The van der Waals surface area contributed by atoms with E-state index in [9.17, 15) is 13.2 Å². The fraction of sp³-hybridized carbons (Fsp3) is 0.462. The second-order valence-corrected chi connectivity index (χ2v) is 5.94. The highest BCUT2D eigenvalue weighted by Crippen LogP contribution is 2.13. The molecule has 0 saturated heterocycles. The molecule has 0 aliphatic heterocycles. The van der Waals surface area contributed by atoms with Crippen molar-refractivity contribution in [3.05, 3.63) is 24.3 Å². The molecule has 0 fully saturated rings. The molecule has 1 aromatic rings. The number of hydrogen-bond donors (Lipinski definition) is 2. The van der Waals surface area contributed by atoms with Crippen LogP contribution in [0.4, 0.5) is 5.69 Å². The number of hydrogen-bond acceptors (Lipinski definition) is 5. The van der Waals surface area contributed by atoms with E-state index in [2.05, 4.69) is 14.8 Å². The van der Waals surface area contributed by atoms with E-state index in [1.54, 1.807) is 12.1 Å². The van der Waals surface area contributed by atoms with Crippen molar-refractivity contribution in [2.75, 3.05) is 25.5 Å². The number of benzene rings is 1. The molecular weight excluding hydrogens is 280 g/mol. The largest absolute Gasteiger partial charge is 0.469 e. The summed E-state index contributed by atoms with van der Waals surface area (Å²) < 4.78 is 30.7. The molecular formula is C13H20N2O4S. The first-order chi connectivity index (χ1) is 9.49. The van der Waals surface area contributed by atoms with Gasteiger partial charge in [-0.1, -0.05) is 6.92 Å². The van der Waals surface area contributed by atoms with Crippen LogP contribution in [0, 0.1) is 0 Å². The Kier molecular flexibility index (Phi) is 6.47. The van der Waals surface area contributed by atoms with E-state index in [4.69, 9.17) is 0 Å². The number of carbonyl (C=O) groups is 1. The molecule has 0 heterocycles. The number of sulfonamides is 1. The average molecular weight is 300 g/mol. The summed E-state index contributed by atoms with van der Waals surface area (Å²) in [5, 5.41) is 3.02. The zero-order valence-corrected chi connectivity index (χ0v) is 12.5. The molecule has 0 aliphatic carbocycles. The maximum atomic E-state index is 11.9. The Balaban J connectivity index is 2.58. The molecule has 0 atom stereocenters. The van der Waals surface area contributed by atoms with E-state index in [0.29, 0.717) is 13.1 Å². The Morgan fingerprint density at radius 1 is 1.20 bits per heavy atom. The van der Waals surface area contributed by atoms with Gasteiger partial charge in [0.2, 0.25) is 10.0 Å². The standard InChI is InChI=1S/C13H20N2O4S/c1-3-9-15-20(17,18)12-6-4-11(5-7-12)14-10-8-13(16)19-2/h4-7,14-15H,3,8-10H2,1-2H3. The van der Waals surface area contributed by atoms with Gasteiger partial charge in [0.15, 0.2) is 0 Å². The topological polar surface area (TPSA) is 84.5 Å². The van der Waals surface area contributed by atoms with Crippen molar-refractivity contribution in [1.82, 2.24) is 4.72 Å². The average Bonchev–Trinajstić information content (AvgIpc) is 2.45. The number of rotatable bonds is 8. The molecule has 1 rings (SSSR count). The molecule has 0 spiro atoms. The van der Waals surface area contributed by atoms with Crippen LogP contribution in [0.25, 0.3) is 0 Å². The Labute approximate surface area is 119 Å². The van der Waals surface area contributed by atoms with Crippen molar-refractivity contribution in [2.45, 2.75) is 24.7 Å². The second-order valence-electron chi connectivity index (χ2n) is 4.18. The van der Waals surface area contributed by atoms with Crippen LogP contribution in [-0.4, -0.2) is 34.6 Å². The summed E-state index contributed by atoms with van der Waals surface area (Å²) in [6.45, 7) is 2.76. The van der Waals surface area contributed by atoms with Gasteiger partial charge in [0.05, 0.1) is 18.4 Å². The molecule has 0 aliphatic rings. The third-order valence-electron chi connectivity index (χ3n) is 2.59. The summed E-state index contributed by atoms with van der Waals surface area (Å²) in [7, 11) is -2.09. The number of esters is 1. The predicted molar refractivity (Wildman–Crippen MR) is 77.0 cm³/mol. The van der Waals surface area contributed by atoms with E-state index in [0.717, 1.165) is 12.1 Å². The summed E-state index contributed by atoms with van der Waals surface area (Å²) >= 11 is 0. The van der Waals surface area contributed by atoms with Gasteiger partial charge in [-0.2, -0.15) is 0 Å². The van der Waals surface area contributed by atoms with Gasteiger partial charge in [-0.3, -0.25) is 4.79 Å². The van der Waals surface area contributed by atoms with Crippen molar-refractivity contribution in [3.8, 4) is 0 Å². The molecule has 2 N–H and O–H groups in total. The van der Waals surface area contributed by atoms with Crippen molar-refractivity contribution < 1.29 is 17.9 Å². The van der Waals surface area contributed by atoms with Gasteiger partial charge in [0.25, 0.3) is 0 Å². The molecule has 0 saturated carbocycles. The number of anilines is 1. The molecule has 0 radical (unpaired) electrons. The van der Waals surface area contributed by atoms with Crippen molar-refractivity contribution in [1.29, 1.82) is 0 Å². The highest BCUT2D eigenvalue weighted by atomic mass is 32.2. The van der Waals surface area contributed by atoms with Crippen LogP contribution in [0.15, 0.2) is 29.2 Å². The molecule has 0 aromatic heterocycles. The Bertz CT molecular complexity index is 526. The molecule has 112 valence electrons. The zero-order valence-electron chi connectivity index (χ0n) is 11.7. The minimum atomic E-state index is -3.43. The highest BCUT2D eigenvalue weighted by molar-refractivity contribution is 7.89. The minimum absolute atomic E-state index is 0.226. The monoisotopic (exact) mass is 300 g/mol. The molecule has 20 heavy (non-hydrogen) atoms. The maximum absolute atomic E-state index is 11.9. The van der Waals surface area contributed by atoms with Gasteiger partial charge in [0.1, 0.15) is 0 Å². The number of carbonyl (C=O) groups excluding carboxylic acids is 1. The first-order valence-corrected chi connectivity index (χ1v) is 7.88. The van der Waals surface area contributed by atoms with Crippen LogP contribution < -0.4 is 10.0 Å². The number of methoxy groups -OCH3 is 1. The summed E-state index contributed by atoms with van der Waals surface area (Å²) in [6, 6.07) is 6.38. The summed E-state index contributed by atoms with van der Waals surface area (Å²) in [6.07, 6.45) is 1.00. The number of ether oxygens (including phenoxy) is 1. The van der Waals surface area contributed by atoms with Crippen LogP contribution in [0.1, 0.15) is 19.8 Å². The van der Waals surface area contributed by atoms with Gasteiger partial charge in [-0.05, 0) is 30.7 Å². The third-order valence-corrected chi connectivity index (χ3v) is 4.07. The molecule has 0 bridgehead atoms. The van der Waals surface area contributed by atoms with Gasteiger partial charge in [0, 0.05) is 18.8 Å². The molecule has 7 heteroatoms. The highest BCUT2D eigenvalue weighted by Gasteiger charge is 2.12. The molecule has 0 amide bonds. The Morgan fingerprint density at radius 2 is 1.85 bits per heavy atom. The lowest BCUT2D eigenvalue weighted by atomic mass is 10.3. The first kappa shape index (κ1) is 16.5. The fourth-order valence-electron chi connectivity index (χ4n) is 1.48. The van der Waals surface area contributed by atoms with E-state index in [-0.39, 0.29) is 17.3 Å². The maximum Gasteiger partial charge on any atom is 0.307 e. The van der Waals surface area contributed by atoms with Gasteiger partial charge in [-0.25, -0.2) is 13.1 Å². The lowest BCUT2D eigenvalue weighted by molar-refractivity contribution is -0.140. The molecule has 6 nitrogen and oxygen atoms in total. The predicted octanol–water partition coefficient (Wildman–Crippen LogP) is 1.35. The smallest absolute Gasteiger partial charge is 0.307 e. The lowest BCUT2D eigenvalue weighted by Crippen LogP contribution is -2.24. The van der Waals surface area contributed by atoms with Gasteiger partial charge >= 0.3 is 5.97 Å². The van der Waals surface area contributed by atoms with Crippen molar-refractivity contribution >= 4 is 21.7 Å². The van der Waals surface area contributed by atoms with Crippen LogP contribution in [0.2, 0.25) is 0 Å². The van der Waals surface area contributed by atoms with Crippen molar-refractivity contribution in [2.24, 2.45) is 0 Å². The van der Waals surface area contributed by atoms with E-state index < -0.39 is 10.0 Å². The van der Waals surface area contributed by atoms with E-state index in [1.807, 2.05) is 6.92 Å². The summed E-state index contributed by atoms with van der Waals surface area (Å²) in [5.41, 5.74) is 0.753. The Morgan fingerprint density at radius 3 is 2.40 bits per heavy atom. The zero-order chi connectivity index (χ0) is 15.0. The first-order valence-electron chi connectivity index (χ1n) is 6.40. The lowest BCUT2D eigenvalue weighted by Gasteiger charge is -2.08. The van der Waals surface area contributed by atoms with Crippen LogP contribution in [0.3, 0.4) is 0 Å². The SMILES string of the molecule is CCCNS(=O)(=O)c1ccc(NCCC(=O)OC)cc1. The van der Waals surface area contributed by atoms with E-state index in [1.165, 1.54) is 19.2 Å². The third kappa shape index (κ3) is 5.18. The second kappa shape index (κ2) is 7.86. The van der Waals surface area contributed by atoms with Crippen LogP contribution >= 0.6 is 0 Å². The van der Waals surface area contributed by atoms with E-state index >= 15 is 0 Å². The minimum Gasteiger partial charge on any atom is -0.469 e. The summed E-state index contributed by atoms with van der Waals surface area (Å²) in [4.78, 5) is 11.2. The molecule has 1 aromatic carbocycles. The normalized spacial score (nSPS) is 11.1. The molecule has 0 unspecified atom stereocenters.